The predicted molar refractivity (Wildman–Crippen MR) is 54.5 cm³/mol. The number of hydrazine groups is 1. The maximum Gasteiger partial charge on any atom is 0.0667 e. The molecule has 0 aliphatic carbocycles. The Bertz CT molecular complexity index is 161. The standard InChI is InChI=1S/C10H22N2O/c1-5-10(2)8-9(6-7-13-10)11-12(3)4/h9,11H,5-8H2,1-4H3. The van der Waals surface area contributed by atoms with Gasteiger partial charge in [0.2, 0.25) is 0 Å². The Labute approximate surface area is 81.4 Å². The molecule has 0 saturated carbocycles. The van der Waals surface area contributed by atoms with Crippen molar-refractivity contribution >= 4 is 0 Å². The summed E-state index contributed by atoms with van der Waals surface area (Å²) in [5, 5.41) is 2.03. The molecule has 1 saturated heterocycles. The van der Waals surface area contributed by atoms with Gasteiger partial charge in [-0.05, 0) is 26.2 Å². The summed E-state index contributed by atoms with van der Waals surface area (Å²) in [5.74, 6) is 0. The molecule has 2 atom stereocenters. The molecule has 1 N–H and O–H groups in total. The molecule has 0 radical (unpaired) electrons. The number of nitrogens with one attached hydrogen (secondary N) is 1. The third kappa shape index (κ3) is 3.25. The Morgan fingerprint density at radius 3 is 2.77 bits per heavy atom. The van der Waals surface area contributed by atoms with Crippen LogP contribution in [0.1, 0.15) is 33.1 Å². The minimum Gasteiger partial charge on any atom is -0.375 e. The van der Waals surface area contributed by atoms with Gasteiger partial charge in [-0.1, -0.05) is 6.92 Å². The van der Waals surface area contributed by atoms with Gasteiger partial charge in [0.15, 0.2) is 0 Å². The summed E-state index contributed by atoms with van der Waals surface area (Å²) in [5.41, 5.74) is 3.51. The summed E-state index contributed by atoms with van der Waals surface area (Å²) < 4.78 is 5.77. The molecule has 3 nitrogen and oxygen atoms in total. The van der Waals surface area contributed by atoms with Gasteiger partial charge in [0.05, 0.1) is 5.60 Å². The molecule has 1 aliphatic rings. The van der Waals surface area contributed by atoms with Gasteiger partial charge in [0, 0.05) is 26.7 Å². The van der Waals surface area contributed by atoms with Gasteiger partial charge >= 0.3 is 0 Å². The van der Waals surface area contributed by atoms with Crippen molar-refractivity contribution in [2.75, 3.05) is 20.7 Å². The Kier molecular flexibility index (Phi) is 3.71. The van der Waals surface area contributed by atoms with Gasteiger partial charge in [-0.25, -0.2) is 0 Å². The van der Waals surface area contributed by atoms with E-state index >= 15 is 0 Å². The van der Waals surface area contributed by atoms with E-state index in [0.29, 0.717) is 6.04 Å². The lowest BCUT2D eigenvalue weighted by atomic mass is 9.90. The van der Waals surface area contributed by atoms with Crippen LogP contribution in [0.25, 0.3) is 0 Å². The van der Waals surface area contributed by atoms with Gasteiger partial charge in [0.1, 0.15) is 0 Å². The molecular weight excluding hydrogens is 164 g/mol. The number of nitrogens with zero attached hydrogens (tertiary/aromatic N) is 1. The van der Waals surface area contributed by atoms with Gasteiger partial charge in [-0.15, -0.1) is 0 Å². The van der Waals surface area contributed by atoms with Crippen LogP contribution < -0.4 is 5.43 Å². The van der Waals surface area contributed by atoms with Crippen molar-refractivity contribution in [1.82, 2.24) is 10.4 Å². The second-order valence-corrected chi connectivity index (χ2v) is 4.37. The van der Waals surface area contributed by atoms with Crippen LogP contribution in [0, 0.1) is 0 Å². The number of ether oxygens (including phenoxy) is 1. The third-order valence-corrected chi connectivity index (χ3v) is 2.78. The first-order chi connectivity index (χ1) is 6.06. The highest BCUT2D eigenvalue weighted by molar-refractivity contribution is 4.84. The predicted octanol–water partition coefficient (Wildman–Crippen LogP) is 1.40. The van der Waals surface area contributed by atoms with E-state index in [9.17, 15) is 0 Å². The first-order valence-corrected chi connectivity index (χ1v) is 5.13. The summed E-state index contributed by atoms with van der Waals surface area (Å²) >= 11 is 0. The minimum absolute atomic E-state index is 0.0892. The van der Waals surface area contributed by atoms with Gasteiger partial charge in [-0.2, -0.15) is 0 Å². The molecule has 0 aromatic carbocycles. The Hall–Kier alpha value is -0.120. The van der Waals surface area contributed by atoms with E-state index in [2.05, 4.69) is 19.3 Å². The summed E-state index contributed by atoms with van der Waals surface area (Å²) in [4.78, 5) is 0. The average molecular weight is 186 g/mol. The van der Waals surface area contributed by atoms with Crippen LogP contribution in [0.2, 0.25) is 0 Å². The monoisotopic (exact) mass is 186 g/mol. The van der Waals surface area contributed by atoms with Crippen molar-refractivity contribution in [2.24, 2.45) is 0 Å². The second-order valence-electron chi connectivity index (χ2n) is 4.37. The fourth-order valence-electron chi connectivity index (χ4n) is 1.85. The molecule has 3 heteroatoms. The van der Waals surface area contributed by atoms with Gasteiger partial charge in [-0.3, -0.25) is 10.4 Å². The van der Waals surface area contributed by atoms with Gasteiger partial charge < -0.3 is 4.74 Å². The molecule has 0 spiro atoms. The zero-order chi connectivity index (χ0) is 9.90. The lowest BCUT2D eigenvalue weighted by Crippen LogP contribution is -2.49. The van der Waals surface area contributed by atoms with Crippen LogP contribution in [0.4, 0.5) is 0 Å². The van der Waals surface area contributed by atoms with E-state index in [1.54, 1.807) is 0 Å². The maximum absolute atomic E-state index is 5.77. The van der Waals surface area contributed by atoms with Gasteiger partial charge in [0.25, 0.3) is 0 Å². The van der Waals surface area contributed by atoms with E-state index in [-0.39, 0.29) is 5.60 Å². The Morgan fingerprint density at radius 2 is 2.23 bits per heavy atom. The summed E-state index contributed by atoms with van der Waals surface area (Å²) in [6, 6.07) is 0.577. The molecule has 78 valence electrons. The number of hydrogen-bond acceptors (Lipinski definition) is 3. The molecule has 0 amide bonds. The van der Waals surface area contributed by atoms with Crippen LogP contribution in [-0.2, 0) is 4.74 Å². The smallest absolute Gasteiger partial charge is 0.0667 e. The number of hydrogen-bond donors (Lipinski definition) is 1. The first kappa shape index (κ1) is 11.0. The lowest BCUT2D eigenvalue weighted by Gasteiger charge is -2.39. The summed E-state index contributed by atoms with van der Waals surface area (Å²) in [7, 11) is 4.08. The van der Waals surface area contributed by atoms with Crippen LogP contribution >= 0.6 is 0 Å². The van der Waals surface area contributed by atoms with E-state index in [4.69, 9.17) is 4.74 Å². The molecule has 1 rings (SSSR count). The topological polar surface area (TPSA) is 24.5 Å². The summed E-state index contributed by atoms with van der Waals surface area (Å²) in [6.45, 7) is 5.28. The average Bonchev–Trinajstić information content (AvgIpc) is 2.03. The normalized spacial score (nSPS) is 35.3. The van der Waals surface area contributed by atoms with E-state index in [1.165, 1.54) is 0 Å². The van der Waals surface area contributed by atoms with Crippen molar-refractivity contribution in [3.8, 4) is 0 Å². The minimum atomic E-state index is 0.0892. The maximum atomic E-state index is 5.77. The van der Waals surface area contributed by atoms with Crippen molar-refractivity contribution in [2.45, 2.75) is 44.8 Å². The summed E-state index contributed by atoms with van der Waals surface area (Å²) in [6.07, 6.45) is 3.33. The van der Waals surface area contributed by atoms with Crippen molar-refractivity contribution in [1.29, 1.82) is 0 Å². The van der Waals surface area contributed by atoms with Crippen molar-refractivity contribution in [3.63, 3.8) is 0 Å². The lowest BCUT2D eigenvalue weighted by molar-refractivity contribution is -0.0844. The first-order valence-electron chi connectivity index (χ1n) is 5.13. The van der Waals surface area contributed by atoms with E-state index < -0.39 is 0 Å². The van der Waals surface area contributed by atoms with E-state index in [1.807, 2.05) is 19.1 Å². The quantitative estimate of drug-likeness (QED) is 0.674. The van der Waals surface area contributed by atoms with E-state index in [0.717, 1.165) is 25.9 Å². The highest BCUT2D eigenvalue weighted by Crippen LogP contribution is 2.27. The molecule has 0 aromatic heterocycles. The van der Waals surface area contributed by atoms with Crippen LogP contribution in [0.5, 0.6) is 0 Å². The third-order valence-electron chi connectivity index (χ3n) is 2.78. The van der Waals surface area contributed by atoms with Crippen LogP contribution in [0.3, 0.4) is 0 Å². The molecule has 13 heavy (non-hydrogen) atoms. The zero-order valence-corrected chi connectivity index (χ0v) is 9.26. The van der Waals surface area contributed by atoms with Crippen molar-refractivity contribution in [3.05, 3.63) is 0 Å². The fourth-order valence-corrected chi connectivity index (χ4v) is 1.85. The zero-order valence-electron chi connectivity index (χ0n) is 9.26. The highest BCUT2D eigenvalue weighted by atomic mass is 16.5. The molecular formula is C10H22N2O. The second kappa shape index (κ2) is 4.40. The highest BCUT2D eigenvalue weighted by Gasteiger charge is 2.31. The Morgan fingerprint density at radius 1 is 1.54 bits per heavy atom. The largest absolute Gasteiger partial charge is 0.375 e. The van der Waals surface area contributed by atoms with Crippen LogP contribution in [0.15, 0.2) is 0 Å². The molecule has 1 fully saturated rings. The van der Waals surface area contributed by atoms with Crippen LogP contribution in [-0.4, -0.2) is 37.4 Å². The SMILES string of the molecule is CCC1(C)CC(NN(C)C)CCO1. The molecule has 0 bridgehead atoms. The fraction of sp³-hybridized carbons (Fsp3) is 1.00. The molecule has 1 aliphatic heterocycles. The molecule has 1 heterocycles. The Balaban J connectivity index is 2.42. The van der Waals surface area contributed by atoms with Crippen molar-refractivity contribution < 1.29 is 4.74 Å². The molecule has 0 aromatic rings. The molecule has 2 unspecified atom stereocenters. The number of rotatable bonds is 3.